The molecule has 1 heterocycles. The Labute approximate surface area is 173 Å². The van der Waals surface area contributed by atoms with Crippen molar-refractivity contribution in [3.05, 3.63) is 64.8 Å². The molecule has 0 unspecified atom stereocenters. The van der Waals surface area contributed by atoms with Gasteiger partial charge in [-0.05, 0) is 58.6 Å². The Morgan fingerprint density at radius 2 is 1.75 bits per heavy atom. The van der Waals surface area contributed by atoms with Crippen LogP contribution in [0.2, 0.25) is 0 Å². The third kappa shape index (κ3) is 5.30. The first kappa shape index (κ1) is 20.8. The summed E-state index contributed by atoms with van der Waals surface area (Å²) in [5.74, 6) is 0.111. The highest BCUT2D eigenvalue weighted by Crippen LogP contribution is 2.25. The Hall–Kier alpha value is -1.97. The number of halogens is 1. The number of pyridine rings is 1. The molecule has 1 aromatic heterocycles. The minimum Gasteiger partial charge on any atom is -0.278 e. The van der Waals surface area contributed by atoms with Crippen molar-refractivity contribution in [2.75, 3.05) is 16.7 Å². The molecule has 0 bridgehead atoms. The van der Waals surface area contributed by atoms with E-state index in [1.165, 1.54) is 24.6 Å². The second kappa shape index (κ2) is 8.18. The van der Waals surface area contributed by atoms with Crippen molar-refractivity contribution in [2.24, 2.45) is 0 Å². The van der Waals surface area contributed by atoms with Crippen molar-refractivity contribution < 1.29 is 16.8 Å². The van der Waals surface area contributed by atoms with E-state index in [0.29, 0.717) is 18.5 Å². The lowest BCUT2D eigenvalue weighted by molar-refractivity contribution is 0.598. The van der Waals surface area contributed by atoms with E-state index in [1.54, 1.807) is 18.2 Å². The van der Waals surface area contributed by atoms with Gasteiger partial charge in [0, 0.05) is 16.1 Å². The first-order valence-electron chi connectivity index (χ1n) is 8.48. The van der Waals surface area contributed by atoms with Crippen molar-refractivity contribution in [3.63, 3.8) is 0 Å². The molecule has 1 N–H and O–H groups in total. The highest BCUT2D eigenvalue weighted by Gasteiger charge is 2.15. The number of aryl methyl sites for hydroxylation is 1. The maximum absolute atomic E-state index is 12.6. The maximum Gasteiger partial charge on any atom is 0.261 e. The molecule has 0 aliphatic heterocycles. The predicted octanol–water partition coefficient (Wildman–Crippen LogP) is 3.78. The molecule has 2 aromatic carbocycles. The highest BCUT2D eigenvalue weighted by molar-refractivity contribution is 9.10. The molecule has 3 rings (SSSR count). The molecule has 0 spiro atoms. The summed E-state index contributed by atoms with van der Waals surface area (Å²) in [7, 11) is -6.74. The topological polar surface area (TPSA) is 93.2 Å². The van der Waals surface area contributed by atoms with E-state index in [9.17, 15) is 16.8 Å². The number of benzene rings is 2. The van der Waals surface area contributed by atoms with E-state index < -0.39 is 19.9 Å². The predicted molar refractivity (Wildman–Crippen MR) is 115 cm³/mol. The second-order valence-electron chi connectivity index (χ2n) is 6.52. The van der Waals surface area contributed by atoms with Gasteiger partial charge in [0.15, 0.2) is 0 Å². The van der Waals surface area contributed by atoms with Gasteiger partial charge in [-0.25, -0.2) is 16.8 Å². The van der Waals surface area contributed by atoms with E-state index in [2.05, 4.69) is 25.6 Å². The molecule has 0 saturated carbocycles. The van der Waals surface area contributed by atoms with Gasteiger partial charge >= 0.3 is 0 Å². The highest BCUT2D eigenvalue weighted by atomic mass is 79.9. The Morgan fingerprint density at radius 1 is 1.04 bits per heavy atom. The largest absolute Gasteiger partial charge is 0.278 e. The van der Waals surface area contributed by atoms with Crippen molar-refractivity contribution in [1.29, 1.82) is 0 Å². The number of aromatic nitrogens is 1. The molecule has 6 nitrogen and oxygen atoms in total. The van der Waals surface area contributed by atoms with Crippen LogP contribution in [0.4, 0.5) is 5.69 Å². The Morgan fingerprint density at radius 3 is 2.43 bits per heavy atom. The standard InChI is InChI=1S/C19H19BrN2O4S2/c1-27(23,24)11-3-4-14-7-9-17(10-8-14)28(25,26)22-16-12-15-5-2-6-18(20)19(15)21-13-16/h2,5-10,12-13,22H,3-4,11H2,1H3. The first-order chi connectivity index (χ1) is 13.1. The lowest BCUT2D eigenvalue weighted by Crippen LogP contribution is -2.13. The van der Waals surface area contributed by atoms with Gasteiger partial charge in [0.25, 0.3) is 10.0 Å². The van der Waals surface area contributed by atoms with Gasteiger partial charge in [-0.1, -0.05) is 24.3 Å². The number of sulfone groups is 1. The fraction of sp³-hybridized carbons (Fsp3) is 0.211. The van der Waals surface area contributed by atoms with Crippen LogP contribution < -0.4 is 4.72 Å². The summed E-state index contributed by atoms with van der Waals surface area (Å²) in [4.78, 5) is 4.44. The van der Waals surface area contributed by atoms with Crippen LogP contribution in [0, 0.1) is 0 Å². The van der Waals surface area contributed by atoms with Crippen LogP contribution in [0.1, 0.15) is 12.0 Å². The number of hydrogen-bond acceptors (Lipinski definition) is 5. The fourth-order valence-corrected chi connectivity index (χ4v) is 4.95. The molecule has 0 atom stereocenters. The monoisotopic (exact) mass is 482 g/mol. The Kier molecular flexibility index (Phi) is 6.07. The minimum atomic E-state index is -3.75. The Balaban J connectivity index is 1.74. The molecular formula is C19H19BrN2O4S2. The van der Waals surface area contributed by atoms with E-state index in [0.717, 1.165) is 20.9 Å². The van der Waals surface area contributed by atoms with Crippen LogP contribution >= 0.6 is 15.9 Å². The number of para-hydroxylation sites is 1. The average Bonchev–Trinajstić information content (AvgIpc) is 2.61. The van der Waals surface area contributed by atoms with Gasteiger partial charge < -0.3 is 0 Å². The number of hydrogen-bond donors (Lipinski definition) is 1. The normalized spacial score (nSPS) is 12.2. The molecule has 148 valence electrons. The SMILES string of the molecule is CS(=O)(=O)CCCc1ccc(S(=O)(=O)Nc2cnc3c(Br)cccc3c2)cc1. The quantitative estimate of drug-likeness (QED) is 0.552. The summed E-state index contributed by atoms with van der Waals surface area (Å²) in [5, 5.41) is 0.816. The number of sulfonamides is 1. The van der Waals surface area contributed by atoms with Gasteiger partial charge in [-0.3, -0.25) is 9.71 Å². The second-order valence-corrected chi connectivity index (χ2v) is 11.3. The average molecular weight is 483 g/mol. The summed E-state index contributed by atoms with van der Waals surface area (Å²) in [5.41, 5.74) is 2.02. The molecule has 0 saturated heterocycles. The van der Waals surface area contributed by atoms with Crippen molar-refractivity contribution in [2.45, 2.75) is 17.7 Å². The van der Waals surface area contributed by atoms with Gasteiger partial charge in [-0.2, -0.15) is 0 Å². The number of anilines is 1. The van der Waals surface area contributed by atoms with Crippen LogP contribution in [0.25, 0.3) is 10.9 Å². The van der Waals surface area contributed by atoms with Crippen molar-refractivity contribution in [1.82, 2.24) is 4.98 Å². The zero-order chi connectivity index (χ0) is 20.4. The zero-order valence-electron chi connectivity index (χ0n) is 15.1. The third-order valence-corrected chi connectivity index (χ3v) is 7.20. The van der Waals surface area contributed by atoms with Gasteiger partial charge in [0.05, 0.1) is 28.0 Å². The van der Waals surface area contributed by atoms with Gasteiger partial charge in [0.1, 0.15) is 9.84 Å². The van der Waals surface area contributed by atoms with Crippen LogP contribution in [0.5, 0.6) is 0 Å². The molecule has 0 radical (unpaired) electrons. The molecule has 9 heteroatoms. The summed E-state index contributed by atoms with van der Waals surface area (Å²) >= 11 is 3.42. The molecule has 28 heavy (non-hydrogen) atoms. The van der Waals surface area contributed by atoms with E-state index in [-0.39, 0.29) is 10.6 Å². The lowest BCUT2D eigenvalue weighted by Gasteiger charge is -2.10. The summed E-state index contributed by atoms with van der Waals surface area (Å²) in [6.07, 6.45) is 3.75. The Bertz CT molecular complexity index is 1210. The molecular weight excluding hydrogens is 464 g/mol. The summed E-state index contributed by atoms with van der Waals surface area (Å²) < 4.78 is 51.0. The van der Waals surface area contributed by atoms with E-state index in [1.807, 2.05) is 18.2 Å². The minimum absolute atomic E-state index is 0.111. The summed E-state index contributed by atoms with van der Waals surface area (Å²) in [6.45, 7) is 0. The first-order valence-corrected chi connectivity index (χ1v) is 12.8. The third-order valence-electron chi connectivity index (χ3n) is 4.13. The van der Waals surface area contributed by atoms with Crippen molar-refractivity contribution >= 4 is 52.4 Å². The lowest BCUT2D eigenvalue weighted by atomic mass is 10.1. The zero-order valence-corrected chi connectivity index (χ0v) is 18.3. The maximum atomic E-state index is 12.6. The van der Waals surface area contributed by atoms with Crippen LogP contribution in [-0.2, 0) is 26.3 Å². The van der Waals surface area contributed by atoms with Crippen LogP contribution in [0.15, 0.2) is 64.1 Å². The van der Waals surface area contributed by atoms with Gasteiger partial charge in [0.2, 0.25) is 0 Å². The molecule has 0 aliphatic carbocycles. The number of rotatable bonds is 7. The molecule has 0 amide bonds. The van der Waals surface area contributed by atoms with E-state index in [4.69, 9.17) is 0 Å². The van der Waals surface area contributed by atoms with Crippen molar-refractivity contribution in [3.8, 4) is 0 Å². The van der Waals surface area contributed by atoms with E-state index >= 15 is 0 Å². The fourth-order valence-electron chi connectivity index (χ4n) is 2.77. The number of nitrogens with zero attached hydrogens (tertiary/aromatic N) is 1. The number of fused-ring (bicyclic) bond motifs is 1. The number of nitrogens with one attached hydrogen (secondary N) is 1. The van der Waals surface area contributed by atoms with Crippen LogP contribution in [0.3, 0.4) is 0 Å². The van der Waals surface area contributed by atoms with Crippen LogP contribution in [-0.4, -0.2) is 33.8 Å². The summed E-state index contributed by atoms with van der Waals surface area (Å²) in [6, 6.07) is 13.7. The smallest absolute Gasteiger partial charge is 0.261 e. The molecule has 3 aromatic rings. The van der Waals surface area contributed by atoms with Gasteiger partial charge in [-0.15, -0.1) is 0 Å². The molecule has 0 fully saturated rings. The molecule has 0 aliphatic rings.